The van der Waals surface area contributed by atoms with Crippen LogP contribution in [0, 0.1) is 24.2 Å². The van der Waals surface area contributed by atoms with Crippen LogP contribution in [0.15, 0.2) is 6.20 Å². The Hall–Kier alpha value is -1.40. The molecule has 2 atom stereocenters. The Morgan fingerprint density at radius 1 is 1.61 bits per heavy atom. The first kappa shape index (κ1) is 16.5. The van der Waals surface area contributed by atoms with Crippen molar-refractivity contribution in [2.24, 2.45) is 17.3 Å². The van der Waals surface area contributed by atoms with Gasteiger partial charge in [-0.25, -0.2) is 0 Å². The van der Waals surface area contributed by atoms with Crippen LogP contribution in [0.5, 0.6) is 0 Å². The number of rotatable bonds is 5. The fraction of sp³-hybridized carbons (Fsp3) is 0.765. The van der Waals surface area contributed by atoms with Gasteiger partial charge in [-0.1, -0.05) is 13.8 Å². The Kier molecular flexibility index (Phi) is 4.73. The van der Waals surface area contributed by atoms with Gasteiger partial charge in [-0.3, -0.25) is 9.48 Å². The summed E-state index contributed by atoms with van der Waals surface area (Å²) in [5.41, 5.74) is 1.42. The van der Waals surface area contributed by atoms with Gasteiger partial charge in [-0.05, 0) is 38.1 Å². The van der Waals surface area contributed by atoms with Crippen LogP contribution in [-0.4, -0.2) is 42.0 Å². The number of ether oxygens (including phenoxy) is 1. The smallest absolute Gasteiger partial charge is 0.234 e. The van der Waals surface area contributed by atoms with Crippen molar-refractivity contribution in [2.75, 3.05) is 31.6 Å². The predicted molar refractivity (Wildman–Crippen MR) is 89.3 cm³/mol. The Morgan fingerprint density at radius 3 is 3.22 bits per heavy atom. The molecule has 6 heteroatoms. The molecule has 0 unspecified atom stereocenters. The molecule has 2 saturated heterocycles. The van der Waals surface area contributed by atoms with Crippen LogP contribution in [-0.2, 0) is 16.1 Å². The number of nitrogens with one attached hydrogen (secondary N) is 2. The molecule has 0 aromatic carbocycles. The second-order valence-corrected chi connectivity index (χ2v) is 7.33. The number of hydrogen-bond donors (Lipinski definition) is 2. The summed E-state index contributed by atoms with van der Waals surface area (Å²) in [6.45, 7) is 10.2. The Labute approximate surface area is 138 Å². The molecule has 3 heterocycles. The highest BCUT2D eigenvalue weighted by atomic mass is 16.5. The molecule has 1 aromatic rings. The third kappa shape index (κ3) is 3.15. The maximum atomic E-state index is 12.9. The first-order valence-electron chi connectivity index (χ1n) is 8.65. The van der Waals surface area contributed by atoms with Gasteiger partial charge in [0.1, 0.15) is 0 Å². The minimum absolute atomic E-state index is 0.0682. The average molecular weight is 320 g/mol. The SMILES string of the molecule is Cc1c(NC(=O)[C@]23CNC[C@H]2CCOC3)cnn1CCC(C)C. The molecule has 0 spiro atoms. The van der Waals surface area contributed by atoms with Crippen LogP contribution >= 0.6 is 0 Å². The van der Waals surface area contributed by atoms with E-state index in [0.717, 1.165) is 43.9 Å². The normalized spacial score (nSPS) is 27.2. The summed E-state index contributed by atoms with van der Waals surface area (Å²) in [7, 11) is 0. The topological polar surface area (TPSA) is 68.2 Å². The van der Waals surface area contributed by atoms with Crippen LogP contribution in [0.2, 0.25) is 0 Å². The Morgan fingerprint density at radius 2 is 2.43 bits per heavy atom. The lowest BCUT2D eigenvalue weighted by atomic mass is 9.75. The largest absolute Gasteiger partial charge is 0.380 e. The molecule has 1 amide bonds. The first-order valence-corrected chi connectivity index (χ1v) is 8.65. The number of carbonyl (C=O) groups excluding carboxylic acids is 1. The fourth-order valence-electron chi connectivity index (χ4n) is 3.59. The zero-order valence-electron chi connectivity index (χ0n) is 14.4. The molecule has 0 bridgehead atoms. The lowest BCUT2D eigenvalue weighted by molar-refractivity contribution is -0.135. The number of amides is 1. The van der Waals surface area contributed by atoms with Crippen molar-refractivity contribution in [3.05, 3.63) is 11.9 Å². The quantitative estimate of drug-likeness (QED) is 0.868. The minimum atomic E-state index is -0.426. The summed E-state index contributed by atoms with van der Waals surface area (Å²) in [4.78, 5) is 12.9. The number of carbonyl (C=O) groups is 1. The predicted octanol–water partition coefficient (Wildman–Crippen LogP) is 1.80. The highest BCUT2D eigenvalue weighted by molar-refractivity contribution is 5.96. The highest BCUT2D eigenvalue weighted by Gasteiger charge is 2.51. The van der Waals surface area contributed by atoms with Crippen LogP contribution in [0.3, 0.4) is 0 Å². The summed E-state index contributed by atoms with van der Waals surface area (Å²) in [6.07, 6.45) is 3.80. The second kappa shape index (κ2) is 6.61. The van der Waals surface area contributed by atoms with Crippen molar-refractivity contribution in [2.45, 2.75) is 40.2 Å². The fourth-order valence-corrected chi connectivity index (χ4v) is 3.59. The van der Waals surface area contributed by atoms with E-state index < -0.39 is 5.41 Å². The van der Waals surface area contributed by atoms with E-state index in [1.807, 2.05) is 11.6 Å². The number of anilines is 1. The summed E-state index contributed by atoms with van der Waals surface area (Å²) < 4.78 is 7.61. The van der Waals surface area contributed by atoms with Crippen LogP contribution in [0.25, 0.3) is 0 Å². The number of nitrogens with zero attached hydrogens (tertiary/aromatic N) is 2. The molecule has 3 rings (SSSR count). The van der Waals surface area contributed by atoms with Crippen molar-refractivity contribution >= 4 is 11.6 Å². The van der Waals surface area contributed by atoms with Gasteiger partial charge in [0, 0.05) is 19.7 Å². The zero-order chi connectivity index (χ0) is 16.4. The van der Waals surface area contributed by atoms with E-state index in [9.17, 15) is 4.79 Å². The van der Waals surface area contributed by atoms with Crippen molar-refractivity contribution < 1.29 is 9.53 Å². The van der Waals surface area contributed by atoms with Crippen LogP contribution in [0.4, 0.5) is 5.69 Å². The van der Waals surface area contributed by atoms with Crippen molar-refractivity contribution in [3.8, 4) is 0 Å². The molecule has 0 saturated carbocycles. The molecule has 128 valence electrons. The lowest BCUT2D eigenvalue weighted by Crippen LogP contribution is -2.49. The summed E-state index contributed by atoms with van der Waals surface area (Å²) in [5.74, 6) is 1.08. The molecule has 6 nitrogen and oxygen atoms in total. The number of aryl methyl sites for hydroxylation is 1. The Balaban J connectivity index is 1.70. The van der Waals surface area contributed by atoms with Crippen molar-refractivity contribution in [1.82, 2.24) is 15.1 Å². The zero-order valence-corrected chi connectivity index (χ0v) is 14.4. The van der Waals surface area contributed by atoms with E-state index in [-0.39, 0.29) is 5.91 Å². The molecule has 2 fully saturated rings. The standard InChI is InChI=1S/C17H28N4O2/c1-12(2)4-6-21-13(3)15(9-19-21)20-16(22)17-10-18-8-14(17)5-7-23-11-17/h9,12,14,18H,4-8,10-11H2,1-3H3,(H,20,22)/t14-,17+/m1/s1. The van der Waals surface area contributed by atoms with Gasteiger partial charge in [-0.2, -0.15) is 5.10 Å². The lowest BCUT2D eigenvalue weighted by Gasteiger charge is -2.36. The van der Waals surface area contributed by atoms with Gasteiger partial charge in [0.05, 0.1) is 29.6 Å². The van der Waals surface area contributed by atoms with E-state index >= 15 is 0 Å². The van der Waals surface area contributed by atoms with Gasteiger partial charge in [0.2, 0.25) is 5.91 Å². The monoisotopic (exact) mass is 320 g/mol. The van der Waals surface area contributed by atoms with Crippen LogP contribution < -0.4 is 10.6 Å². The highest BCUT2D eigenvalue weighted by Crippen LogP contribution is 2.38. The molecule has 2 aliphatic rings. The van der Waals surface area contributed by atoms with Gasteiger partial charge < -0.3 is 15.4 Å². The second-order valence-electron chi connectivity index (χ2n) is 7.33. The number of fused-ring (bicyclic) bond motifs is 1. The maximum absolute atomic E-state index is 12.9. The maximum Gasteiger partial charge on any atom is 0.234 e. The third-order valence-electron chi connectivity index (χ3n) is 5.30. The van der Waals surface area contributed by atoms with Gasteiger partial charge in [-0.15, -0.1) is 0 Å². The molecular weight excluding hydrogens is 292 g/mol. The molecule has 0 radical (unpaired) electrons. The molecule has 0 aliphatic carbocycles. The summed E-state index contributed by atoms with van der Waals surface area (Å²) in [6, 6.07) is 0. The third-order valence-corrected chi connectivity index (χ3v) is 5.30. The summed E-state index contributed by atoms with van der Waals surface area (Å²) in [5, 5.41) is 10.9. The van der Waals surface area contributed by atoms with E-state index in [2.05, 4.69) is 29.6 Å². The molecule has 2 aliphatic heterocycles. The van der Waals surface area contributed by atoms with E-state index in [1.54, 1.807) is 6.20 Å². The van der Waals surface area contributed by atoms with Gasteiger partial charge in [0.15, 0.2) is 0 Å². The van der Waals surface area contributed by atoms with Crippen molar-refractivity contribution in [1.29, 1.82) is 0 Å². The minimum Gasteiger partial charge on any atom is -0.380 e. The van der Waals surface area contributed by atoms with Crippen molar-refractivity contribution in [3.63, 3.8) is 0 Å². The van der Waals surface area contributed by atoms with Gasteiger partial charge in [0.25, 0.3) is 0 Å². The van der Waals surface area contributed by atoms with E-state index in [4.69, 9.17) is 4.74 Å². The van der Waals surface area contributed by atoms with Gasteiger partial charge >= 0.3 is 0 Å². The average Bonchev–Trinajstić information content (AvgIpc) is 3.11. The molecular formula is C17H28N4O2. The number of aromatic nitrogens is 2. The van der Waals surface area contributed by atoms with Crippen LogP contribution in [0.1, 0.15) is 32.4 Å². The molecule has 1 aromatic heterocycles. The number of hydrogen-bond acceptors (Lipinski definition) is 4. The Bertz CT molecular complexity index is 569. The van der Waals surface area contributed by atoms with E-state index in [0.29, 0.717) is 25.0 Å². The summed E-state index contributed by atoms with van der Waals surface area (Å²) >= 11 is 0. The van der Waals surface area contributed by atoms with E-state index in [1.165, 1.54) is 0 Å². The first-order chi connectivity index (χ1) is 11.0. The molecule has 23 heavy (non-hydrogen) atoms. The molecule has 2 N–H and O–H groups in total.